The van der Waals surface area contributed by atoms with E-state index >= 15 is 0 Å². The van der Waals surface area contributed by atoms with Crippen molar-refractivity contribution in [3.8, 4) is 0 Å². The number of hydrogen-bond donors (Lipinski definition) is 0. The van der Waals surface area contributed by atoms with Crippen LogP contribution >= 0.6 is 43.5 Å². The number of rotatable bonds is 2. The zero-order chi connectivity index (χ0) is 9.84. The van der Waals surface area contributed by atoms with Gasteiger partial charge < -0.3 is 0 Å². The average Bonchev–Trinajstić information content (AvgIpc) is 2.02. The predicted molar refractivity (Wildman–Crippen MR) is 61.6 cm³/mol. The molecular formula is C9H6Br2ClF. The van der Waals surface area contributed by atoms with Gasteiger partial charge in [0.2, 0.25) is 0 Å². The monoisotopic (exact) mass is 326 g/mol. The van der Waals surface area contributed by atoms with Crippen LogP contribution in [0.25, 0.3) is 6.08 Å². The minimum absolute atomic E-state index is 0.276. The van der Waals surface area contributed by atoms with E-state index in [-0.39, 0.29) is 5.82 Å². The van der Waals surface area contributed by atoms with Gasteiger partial charge in [-0.2, -0.15) is 0 Å². The van der Waals surface area contributed by atoms with Crippen LogP contribution < -0.4 is 0 Å². The minimum Gasteiger partial charge on any atom is -0.207 e. The largest absolute Gasteiger partial charge is 0.207 e. The smallest absolute Gasteiger partial charge is 0.125 e. The second-order valence-electron chi connectivity index (χ2n) is 2.34. The SMILES string of the molecule is Fc1cc(Br)c(C=CCCl)c(Br)c1. The van der Waals surface area contributed by atoms with E-state index in [0.29, 0.717) is 14.8 Å². The quantitative estimate of drug-likeness (QED) is 0.696. The number of benzene rings is 1. The molecule has 0 saturated heterocycles. The summed E-state index contributed by atoms with van der Waals surface area (Å²) >= 11 is 12.0. The fraction of sp³-hybridized carbons (Fsp3) is 0.111. The first-order valence-corrected chi connectivity index (χ1v) is 5.64. The van der Waals surface area contributed by atoms with Crippen molar-refractivity contribution in [3.05, 3.63) is 38.5 Å². The maximum Gasteiger partial charge on any atom is 0.125 e. The van der Waals surface area contributed by atoms with E-state index in [4.69, 9.17) is 11.6 Å². The van der Waals surface area contributed by atoms with Crippen LogP contribution in [0.2, 0.25) is 0 Å². The molecule has 0 amide bonds. The Morgan fingerprint density at radius 3 is 2.31 bits per heavy atom. The Bertz CT molecular complexity index is 313. The lowest BCUT2D eigenvalue weighted by atomic mass is 10.2. The van der Waals surface area contributed by atoms with E-state index < -0.39 is 0 Å². The Morgan fingerprint density at radius 2 is 1.85 bits per heavy atom. The zero-order valence-corrected chi connectivity index (χ0v) is 10.5. The minimum atomic E-state index is -0.276. The van der Waals surface area contributed by atoms with Gasteiger partial charge in [0.1, 0.15) is 5.82 Å². The number of halogens is 4. The summed E-state index contributed by atoms with van der Waals surface area (Å²) in [6.07, 6.45) is 3.63. The molecule has 0 nitrogen and oxygen atoms in total. The number of hydrogen-bond acceptors (Lipinski definition) is 0. The van der Waals surface area contributed by atoms with Crippen molar-refractivity contribution in [2.45, 2.75) is 0 Å². The zero-order valence-electron chi connectivity index (χ0n) is 6.53. The Morgan fingerprint density at radius 1 is 1.31 bits per heavy atom. The summed E-state index contributed by atoms with van der Waals surface area (Å²) in [5.41, 5.74) is 0.891. The van der Waals surface area contributed by atoms with Gasteiger partial charge >= 0.3 is 0 Å². The van der Waals surface area contributed by atoms with Crippen molar-refractivity contribution < 1.29 is 4.39 Å². The Kier molecular flexibility index (Phi) is 4.42. The van der Waals surface area contributed by atoms with Crippen LogP contribution in [0.5, 0.6) is 0 Å². The van der Waals surface area contributed by atoms with Gasteiger partial charge in [0.25, 0.3) is 0 Å². The molecule has 0 aromatic heterocycles. The molecule has 1 aromatic carbocycles. The van der Waals surface area contributed by atoms with Gasteiger partial charge in [-0.3, -0.25) is 0 Å². The van der Waals surface area contributed by atoms with E-state index in [0.717, 1.165) is 5.56 Å². The highest BCUT2D eigenvalue weighted by Crippen LogP contribution is 2.27. The first kappa shape index (κ1) is 11.2. The highest BCUT2D eigenvalue weighted by molar-refractivity contribution is 9.11. The van der Waals surface area contributed by atoms with E-state index in [1.165, 1.54) is 12.1 Å². The van der Waals surface area contributed by atoms with Crippen molar-refractivity contribution >= 4 is 49.5 Å². The molecule has 0 heterocycles. The Labute approximate surface area is 98.0 Å². The predicted octanol–water partition coefficient (Wildman–Crippen LogP) is 4.60. The van der Waals surface area contributed by atoms with Crippen molar-refractivity contribution in [3.63, 3.8) is 0 Å². The van der Waals surface area contributed by atoms with Gasteiger partial charge in [-0.05, 0) is 12.1 Å². The van der Waals surface area contributed by atoms with E-state index in [9.17, 15) is 4.39 Å². The third-order valence-electron chi connectivity index (χ3n) is 1.42. The number of alkyl halides is 1. The molecule has 4 heteroatoms. The number of allylic oxidation sites excluding steroid dienone is 1. The summed E-state index contributed by atoms with van der Waals surface area (Å²) < 4.78 is 14.2. The molecule has 0 aliphatic heterocycles. The summed E-state index contributed by atoms with van der Waals surface area (Å²) in [5, 5.41) is 0. The summed E-state index contributed by atoms with van der Waals surface area (Å²) in [6.45, 7) is 0. The molecule has 1 rings (SSSR count). The second kappa shape index (κ2) is 5.13. The van der Waals surface area contributed by atoms with Crippen LogP contribution in [0.4, 0.5) is 4.39 Å². The van der Waals surface area contributed by atoms with Gasteiger partial charge in [-0.1, -0.05) is 44.0 Å². The molecule has 0 bridgehead atoms. The highest BCUT2D eigenvalue weighted by Gasteiger charge is 2.03. The molecule has 0 unspecified atom stereocenters. The van der Waals surface area contributed by atoms with Gasteiger partial charge in [-0.25, -0.2) is 4.39 Å². The standard InChI is InChI=1S/C9H6Br2ClF/c10-8-4-6(13)5-9(11)7(8)2-1-3-12/h1-2,4-5H,3H2. The van der Waals surface area contributed by atoms with E-state index in [1.54, 1.807) is 6.08 Å². The van der Waals surface area contributed by atoms with Crippen LogP contribution in [0.1, 0.15) is 5.56 Å². The molecule has 0 fully saturated rings. The maximum atomic E-state index is 12.8. The van der Waals surface area contributed by atoms with Crippen LogP contribution in [-0.2, 0) is 0 Å². The molecule has 0 saturated carbocycles. The molecule has 13 heavy (non-hydrogen) atoms. The molecular weight excluding hydrogens is 322 g/mol. The van der Waals surface area contributed by atoms with Crippen LogP contribution in [-0.4, -0.2) is 5.88 Å². The first-order valence-electron chi connectivity index (χ1n) is 3.52. The van der Waals surface area contributed by atoms with Crippen LogP contribution in [0, 0.1) is 5.82 Å². The summed E-state index contributed by atoms with van der Waals surface area (Å²) in [6, 6.07) is 2.83. The van der Waals surface area contributed by atoms with Gasteiger partial charge in [0.15, 0.2) is 0 Å². The summed E-state index contributed by atoms with van der Waals surface area (Å²) in [4.78, 5) is 0. The first-order chi connectivity index (χ1) is 6.15. The lowest BCUT2D eigenvalue weighted by molar-refractivity contribution is 0.626. The third-order valence-corrected chi connectivity index (χ3v) is 2.91. The van der Waals surface area contributed by atoms with Gasteiger partial charge in [0, 0.05) is 20.4 Å². The second-order valence-corrected chi connectivity index (χ2v) is 4.36. The lowest BCUT2D eigenvalue weighted by Gasteiger charge is -2.01. The summed E-state index contributed by atoms with van der Waals surface area (Å²) in [7, 11) is 0. The Balaban J connectivity index is 3.13. The average molecular weight is 328 g/mol. The molecule has 0 atom stereocenters. The van der Waals surface area contributed by atoms with Crippen LogP contribution in [0.3, 0.4) is 0 Å². The van der Waals surface area contributed by atoms with Crippen LogP contribution in [0.15, 0.2) is 27.2 Å². The lowest BCUT2D eigenvalue weighted by Crippen LogP contribution is -1.82. The van der Waals surface area contributed by atoms with E-state index in [2.05, 4.69) is 31.9 Å². The van der Waals surface area contributed by atoms with Crippen molar-refractivity contribution in [2.24, 2.45) is 0 Å². The molecule has 0 radical (unpaired) electrons. The highest BCUT2D eigenvalue weighted by atomic mass is 79.9. The van der Waals surface area contributed by atoms with Crippen molar-refractivity contribution in [1.29, 1.82) is 0 Å². The third kappa shape index (κ3) is 3.08. The van der Waals surface area contributed by atoms with Gasteiger partial charge in [0.05, 0.1) is 0 Å². The normalized spacial score (nSPS) is 11.1. The summed E-state index contributed by atoms with van der Waals surface area (Å²) in [5.74, 6) is 0.165. The molecule has 70 valence electrons. The molecule has 0 N–H and O–H groups in total. The fourth-order valence-electron chi connectivity index (χ4n) is 0.875. The maximum absolute atomic E-state index is 12.8. The molecule has 1 aromatic rings. The molecule has 0 aliphatic carbocycles. The fourth-order valence-corrected chi connectivity index (χ4v) is 2.36. The van der Waals surface area contributed by atoms with Crippen molar-refractivity contribution in [1.82, 2.24) is 0 Å². The molecule has 0 spiro atoms. The van der Waals surface area contributed by atoms with Crippen molar-refractivity contribution in [2.75, 3.05) is 5.88 Å². The van der Waals surface area contributed by atoms with Gasteiger partial charge in [-0.15, -0.1) is 11.6 Å². The molecule has 0 aliphatic rings. The van der Waals surface area contributed by atoms with E-state index in [1.807, 2.05) is 6.08 Å². The topological polar surface area (TPSA) is 0 Å². The Hall–Kier alpha value is 0.140.